The summed E-state index contributed by atoms with van der Waals surface area (Å²) in [5.41, 5.74) is 5.27. The first-order chi connectivity index (χ1) is 13.3. The number of nitrogens with one attached hydrogen (secondary N) is 1. The van der Waals surface area contributed by atoms with E-state index < -0.39 is 0 Å². The second-order valence-electron chi connectivity index (χ2n) is 6.40. The quantitative estimate of drug-likeness (QED) is 0.498. The lowest BCUT2D eigenvalue weighted by Gasteiger charge is -2.12. The average Bonchev–Trinajstić information content (AvgIpc) is 2.73. The van der Waals surface area contributed by atoms with Crippen molar-refractivity contribution < 1.29 is 0 Å². The first kappa shape index (κ1) is 15.5. The summed E-state index contributed by atoms with van der Waals surface area (Å²) in [6, 6.07) is 23.6. The van der Waals surface area contributed by atoms with Crippen LogP contribution in [0.3, 0.4) is 0 Å². The van der Waals surface area contributed by atoms with Crippen LogP contribution in [0, 0.1) is 0 Å². The largest absolute Gasteiger partial charge is 0.346 e. The normalized spacial score (nSPS) is 11.1. The Hall–Kier alpha value is -3.79. The number of aromatic nitrogens is 3. The van der Waals surface area contributed by atoms with Crippen molar-refractivity contribution in [2.45, 2.75) is 0 Å². The molecule has 0 unspecified atom stereocenters. The van der Waals surface area contributed by atoms with E-state index in [9.17, 15) is 4.79 Å². The van der Waals surface area contributed by atoms with Crippen molar-refractivity contribution >= 4 is 21.9 Å². The number of rotatable bonds is 2. The Labute approximate surface area is 155 Å². The minimum atomic E-state index is -0.0421. The second-order valence-corrected chi connectivity index (χ2v) is 6.40. The van der Waals surface area contributed by atoms with Gasteiger partial charge in [0.15, 0.2) is 5.43 Å². The van der Waals surface area contributed by atoms with Gasteiger partial charge in [0.1, 0.15) is 5.65 Å². The lowest BCUT2D eigenvalue weighted by molar-refractivity contribution is 1.28. The summed E-state index contributed by atoms with van der Waals surface area (Å²) < 4.78 is 0. The zero-order valence-corrected chi connectivity index (χ0v) is 14.4. The number of pyridine rings is 3. The Bertz CT molecular complexity index is 1340. The van der Waals surface area contributed by atoms with Crippen molar-refractivity contribution in [3.05, 3.63) is 95.4 Å². The molecule has 2 aromatic carbocycles. The first-order valence-electron chi connectivity index (χ1n) is 8.73. The number of hydrogen-bond donors (Lipinski definition) is 1. The minimum absolute atomic E-state index is 0.0421. The fourth-order valence-corrected chi connectivity index (χ4v) is 3.38. The summed E-state index contributed by atoms with van der Waals surface area (Å²) in [6.07, 6.45) is 3.42. The Kier molecular flexibility index (Phi) is 3.54. The van der Waals surface area contributed by atoms with E-state index in [1.165, 1.54) is 6.07 Å². The van der Waals surface area contributed by atoms with E-state index in [2.05, 4.69) is 16.0 Å². The van der Waals surface area contributed by atoms with Crippen LogP contribution < -0.4 is 5.43 Å². The molecule has 0 atom stereocenters. The van der Waals surface area contributed by atoms with Crippen LogP contribution in [0.1, 0.15) is 0 Å². The van der Waals surface area contributed by atoms with Gasteiger partial charge in [-0.05, 0) is 29.8 Å². The molecule has 0 saturated carbocycles. The van der Waals surface area contributed by atoms with Crippen LogP contribution in [0.15, 0.2) is 90.0 Å². The van der Waals surface area contributed by atoms with Gasteiger partial charge in [-0.15, -0.1) is 0 Å². The fraction of sp³-hybridized carbons (Fsp3) is 0. The third kappa shape index (κ3) is 2.68. The summed E-state index contributed by atoms with van der Waals surface area (Å²) in [4.78, 5) is 24.6. The van der Waals surface area contributed by atoms with Gasteiger partial charge in [0, 0.05) is 35.0 Å². The molecule has 128 valence electrons. The molecule has 1 N–H and O–H groups in total. The van der Waals surface area contributed by atoms with Crippen molar-refractivity contribution in [3.8, 4) is 22.4 Å². The Balaban J connectivity index is 1.85. The molecule has 0 spiro atoms. The molecule has 5 rings (SSSR count). The summed E-state index contributed by atoms with van der Waals surface area (Å²) in [5, 5.41) is 1.63. The molecule has 3 heterocycles. The van der Waals surface area contributed by atoms with Crippen molar-refractivity contribution in [2.75, 3.05) is 0 Å². The van der Waals surface area contributed by atoms with E-state index in [4.69, 9.17) is 4.98 Å². The zero-order valence-electron chi connectivity index (χ0n) is 14.4. The number of nitrogens with zero attached hydrogens (tertiary/aromatic N) is 2. The number of H-pyrrole nitrogens is 1. The van der Waals surface area contributed by atoms with Gasteiger partial charge in [-0.25, -0.2) is 4.98 Å². The molecule has 27 heavy (non-hydrogen) atoms. The minimum Gasteiger partial charge on any atom is -0.346 e. The topological polar surface area (TPSA) is 58.6 Å². The molecule has 4 nitrogen and oxygen atoms in total. The predicted molar refractivity (Wildman–Crippen MR) is 109 cm³/mol. The van der Waals surface area contributed by atoms with Gasteiger partial charge in [-0.2, -0.15) is 0 Å². The standard InChI is InChI=1S/C23H15N3O/c27-21-10-12-25-23-19(21)14-18(22(26-23)15-5-2-1-3-6-15)16-8-9-20-17(13-16)7-4-11-24-20/h1-14H,(H,25,26,27). The van der Waals surface area contributed by atoms with Gasteiger partial charge >= 0.3 is 0 Å². The van der Waals surface area contributed by atoms with E-state index in [0.29, 0.717) is 11.0 Å². The first-order valence-corrected chi connectivity index (χ1v) is 8.73. The monoisotopic (exact) mass is 349 g/mol. The van der Waals surface area contributed by atoms with Crippen molar-refractivity contribution in [2.24, 2.45) is 0 Å². The van der Waals surface area contributed by atoms with Gasteiger partial charge < -0.3 is 4.98 Å². The molecular weight excluding hydrogens is 334 g/mol. The number of benzene rings is 2. The molecule has 0 amide bonds. The Morgan fingerprint density at radius 1 is 0.815 bits per heavy atom. The third-order valence-electron chi connectivity index (χ3n) is 4.70. The molecular formula is C23H15N3O. The number of hydrogen-bond acceptors (Lipinski definition) is 3. The number of fused-ring (bicyclic) bond motifs is 2. The molecule has 0 aliphatic carbocycles. The Morgan fingerprint density at radius 2 is 1.70 bits per heavy atom. The van der Waals surface area contributed by atoms with Crippen LogP contribution in [-0.2, 0) is 0 Å². The molecule has 0 aliphatic heterocycles. The molecule has 3 aromatic heterocycles. The molecule has 0 radical (unpaired) electrons. The maximum atomic E-state index is 12.4. The van der Waals surface area contributed by atoms with Gasteiger partial charge in [0.25, 0.3) is 0 Å². The highest BCUT2D eigenvalue weighted by Gasteiger charge is 2.13. The van der Waals surface area contributed by atoms with Crippen LogP contribution in [0.5, 0.6) is 0 Å². The second kappa shape index (κ2) is 6.18. The fourth-order valence-electron chi connectivity index (χ4n) is 3.38. The van der Waals surface area contributed by atoms with Gasteiger partial charge in [-0.1, -0.05) is 42.5 Å². The summed E-state index contributed by atoms with van der Waals surface area (Å²) in [5.74, 6) is 0. The van der Waals surface area contributed by atoms with Crippen molar-refractivity contribution in [3.63, 3.8) is 0 Å². The van der Waals surface area contributed by atoms with E-state index in [0.717, 1.165) is 33.3 Å². The third-order valence-corrected chi connectivity index (χ3v) is 4.70. The van der Waals surface area contributed by atoms with Crippen LogP contribution >= 0.6 is 0 Å². The lowest BCUT2D eigenvalue weighted by Crippen LogP contribution is -2.03. The molecule has 5 aromatic rings. The van der Waals surface area contributed by atoms with Crippen LogP contribution in [0.25, 0.3) is 44.3 Å². The van der Waals surface area contributed by atoms with Gasteiger partial charge in [-0.3, -0.25) is 9.78 Å². The zero-order chi connectivity index (χ0) is 18.2. The van der Waals surface area contributed by atoms with Crippen molar-refractivity contribution in [1.82, 2.24) is 15.0 Å². The molecule has 0 bridgehead atoms. The van der Waals surface area contributed by atoms with Crippen LogP contribution in [-0.4, -0.2) is 15.0 Å². The van der Waals surface area contributed by atoms with Crippen molar-refractivity contribution in [1.29, 1.82) is 0 Å². The highest BCUT2D eigenvalue weighted by atomic mass is 16.1. The van der Waals surface area contributed by atoms with Crippen LogP contribution in [0.2, 0.25) is 0 Å². The van der Waals surface area contributed by atoms with Gasteiger partial charge in [0.2, 0.25) is 0 Å². The SMILES string of the molecule is O=c1cc[nH]c2nc(-c3ccccc3)c(-c3ccc4ncccc4c3)cc12. The highest BCUT2D eigenvalue weighted by Crippen LogP contribution is 2.33. The predicted octanol–water partition coefficient (Wildman–Crippen LogP) is 4.81. The Morgan fingerprint density at radius 3 is 2.59 bits per heavy atom. The molecule has 4 heteroatoms. The van der Waals surface area contributed by atoms with E-state index in [1.807, 2.05) is 60.7 Å². The average molecular weight is 349 g/mol. The maximum Gasteiger partial charge on any atom is 0.191 e. The summed E-state index contributed by atoms with van der Waals surface area (Å²) in [6.45, 7) is 0. The summed E-state index contributed by atoms with van der Waals surface area (Å²) in [7, 11) is 0. The molecule has 0 saturated heterocycles. The highest BCUT2D eigenvalue weighted by molar-refractivity contribution is 5.93. The van der Waals surface area contributed by atoms with Crippen LogP contribution in [0.4, 0.5) is 0 Å². The maximum absolute atomic E-state index is 12.4. The molecule has 0 aliphatic rings. The lowest BCUT2D eigenvalue weighted by atomic mass is 9.97. The molecule has 0 fully saturated rings. The van der Waals surface area contributed by atoms with Gasteiger partial charge in [0.05, 0.1) is 16.6 Å². The smallest absolute Gasteiger partial charge is 0.191 e. The summed E-state index contributed by atoms with van der Waals surface area (Å²) >= 11 is 0. The van der Waals surface area contributed by atoms with E-state index in [-0.39, 0.29) is 5.43 Å². The van der Waals surface area contributed by atoms with E-state index in [1.54, 1.807) is 12.4 Å². The number of aromatic amines is 1. The van der Waals surface area contributed by atoms with E-state index >= 15 is 0 Å².